The molecule has 0 saturated heterocycles. The summed E-state index contributed by atoms with van der Waals surface area (Å²) in [7, 11) is 0. The molecule has 0 spiro atoms. The highest BCUT2D eigenvalue weighted by atomic mass is 35.5. The number of benzene rings is 2. The van der Waals surface area contributed by atoms with Gasteiger partial charge in [0.25, 0.3) is 5.91 Å². The van der Waals surface area contributed by atoms with Gasteiger partial charge in [0.1, 0.15) is 0 Å². The predicted molar refractivity (Wildman–Crippen MR) is 113 cm³/mol. The van der Waals surface area contributed by atoms with Crippen LogP contribution in [0, 0.1) is 6.92 Å². The summed E-state index contributed by atoms with van der Waals surface area (Å²) >= 11 is 11.9. The van der Waals surface area contributed by atoms with E-state index in [0.717, 1.165) is 11.6 Å². The van der Waals surface area contributed by atoms with Crippen LogP contribution >= 0.6 is 23.2 Å². The highest BCUT2D eigenvalue weighted by Crippen LogP contribution is 2.32. The van der Waals surface area contributed by atoms with E-state index in [0.29, 0.717) is 25.8 Å². The van der Waals surface area contributed by atoms with Crippen LogP contribution in [0.25, 0.3) is 16.9 Å². The van der Waals surface area contributed by atoms with Gasteiger partial charge in [0.05, 0.1) is 5.69 Å². The van der Waals surface area contributed by atoms with Crippen molar-refractivity contribution in [2.75, 3.05) is 5.32 Å². The van der Waals surface area contributed by atoms with Crippen molar-refractivity contribution in [2.24, 2.45) is 0 Å². The normalized spacial score (nSPS) is 11.7. The zero-order valence-electron chi connectivity index (χ0n) is 15.8. The number of amides is 1. The Hall–Kier alpha value is -3.10. The van der Waals surface area contributed by atoms with Crippen LogP contribution in [0.15, 0.2) is 54.6 Å². The molecule has 10 heteroatoms. The molecule has 4 rings (SSSR count). The highest BCUT2D eigenvalue weighted by Gasteiger charge is 2.35. The molecular weight excluding hydrogens is 452 g/mol. The number of rotatable bonds is 3. The zero-order chi connectivity index (χ0) is 22.3. The Morgan fingerprint density at radius 1 is 1.03 bits per heavy atom. The van der Waals surface area contributed by atoms with Gasteiger partial charge in [-0.3, -0.25) is 4.79 Å². The molecule has 5 nitrogen and oxygen atoms in total. The lowest BCUT2D eigenvalue weighted by atomic mass is 10.1. The van der Waals surface area contributed by atoms with Gasteiger partial charge in [-0.1, -0.05) is 41.4 Å². The number of nitrogens with one attached hydrogen (secondary N) is 1. The lowest BCUT2D eigenvalue weighted by Crippen LogP contribution is -2.15. The molecule has 0 radical (unpaired) electrons. The summed E-state index contributed by atoms with van der Waals surface area (Å²) in [6.07, 6.45) is -4.72. The largest absolute Gasteiger partial charge is 0.433 e. The van der Waals surface area contributed by atoms with Crippen molar-refractivity contribution in [3.63, 3.8) is 0 Å². The lowest BCUT2D eigenvalue weighted by Gasteiger charge is -2.11. The van der Waals surface area contributed by atoms with E-state index in [4.69, 9.17) is 23.2 Å². The van der Waals surface area contributed by atoms with E-state index in [-0.39, 0.29) is 17.0 Å². The maximum Gasteiger partial charge on any atom is 0.433 e. The third-order valence-corrected chi connectivity index (χ3v) is 5.18. The first-order valence-electron chi connectivity index (χ1n) is 8.93. The van der Waals surface area contributed by atoms with Crippen molar-refractivity contribution in [1.82, 2.24) is 14.6 Å². The van der Waals surface area contributed by atoms with Crippen molar-refractivity contribution in [3.8, 4) is 11.3 Å². The fraction of sp³-hybridized carbons (Fsp3) is 0.0952. The number of hydrogen-bond acceptors (Lipinski definition) is 3. The van der Waals surface area contributed by atoms with E-state index in [1.807, 2.05) is 0 Å². The van der Waals surface area contributed by atoms with Gasteiger partial charge in [0.15, 0.2) is 17.0 Å². The van der Waals surface area contributed by atoms with E-state index in [2.05, 4.69) is 15.4 Å². The smallest absolute Gasteiger partial charge is 0.321 e. The topological polar surface area (TPSA) is 59.3 Å². The standard InChI is InChI=1S/C21H13Cl2F3N4O/c1-11-2-7-14(8-15(11)23)27-20(31)17-10-19-28-16(12-3-5-13(22)6-4-12)9-18(21(24,25)26)30(19)29-17/h2-10H,1H3,(H,27,31). The zero-order valence-corrected chi connectivity index (χ0v) is 17.3. The number of nitrogens with zero attached hydrogens (tertiary/aromatic N) is 3. The van der Waals surface area contributed by atoms with Crippen molar-refractivity contribution < 1.29 is 18.0 Å². The number of carbonyl (C=O) groups excluding carboxylic acids is 1. The van der Waals surface area contributed by atoms with Gasteiger partial charge < -0.3 is 5.32 Å². The number of hydrogen-bond donors (Lipinski definition) is 1. The number of carbonyl (C=O) groups is 1. The molecule has 0 atom stereocenters. The van der Waals surface area contributed by atoms with Crippen LogP contribution in [0.5, 0.6) is 0 Å². The number of halogens is 5. The average Bonchev–Trinajstić information content (AvgIpc) is 3.14. The van der Waals surface area contributed by atoms with E-state index in [1.165, 1.54) is 6.07 Å². The summed E-state index contributed by atoms with van der Waals surface area (Å²) in [5.74, 6) is -0.688. The molecule has 2 aromatic carbocycles. The number of alkyl halides is 3. The summed E-state index contributed by atoms with van der Waals surface area (Å²) in [6.45, 7) is 1.80. The Morgan fingerprint density at radius 2 is 1.74 bits per heavy atom. The third-order valence-electron chi connectivity index (χ3n) is 4.52. The van der Waals surface area contributed by atoms with Crippen LogP contribution in [-0.4, -0.2) is 20.5 Å². The molecule has 2 aromatic heterocycles. The maximum atomic E-state index is 13.7. The Balaban J connectivity index is 1.77. The molecule has 158 valence electrons. The number of aromatic nitrogens is 3. The fourth-order valence-electron chi connectivity index (χ4n) is 2.92. The molecule has 1 amide bonds. The van der Waals surface area contributed by atoms with Crippen molar-refractivity contribution in [3.05, 3.63) is 81.6 Å². The van der Waals surface area contributed by atoms with Gasteiger partial charge in [-0.25, -0.2) is 9.50 Å². The molecule has 31 heavy (non-hydrogen) atoms. The minimum Gasteiger partial charge on any atom is -0.321 e. The summed E-state index contributed by atoms with van der Waals surface area (Å²) in [6, 6.07) is 13.2. The molecule has 0 bridgehead atoms. The minimum absolute atomic E-state index is 0.0775. The first kappa shape index (κ1) is 21.1. The molecule has 0 unspecified atom stereocenters. The Labute approximate surface area is 184 Å². The molecule has 0 saturated carbocycles. The second-order valence-corrected chi connectivity index (χ2v) is 7.59. The summed E-state index contributed by atoms with van der Waals surface area (Å²) in [4.78, 5) is 16.8. The Kier molecular flexibility index (Phi) is 5.36. The summed E-state index contributed by atoms with van der Waals surface area (Å²) < 4.78 is 41.7. The van der Waals surface area contributed by atoms with Gasteiger partial charge >= 0.3 is 6.18 Å². The second-order valence-electron chi connectivity index (χ2n) is 6.75. The molecule has 1 N–H and O–H groups in total. The molecule has 4 aromatic rings. The SMILES string of the molecule is Cc1ccc(NC(=O)c2cc3nc(-c4ccc(Cl)cc4)cc(C(F)(F)F)n3n2)cc1Cl. The fourth-order valence-corrected chi connectivity index (χ4v) is 3.23. The molecule has 0 aliphatic carbocycles. The Bertz CT molecular complexity index is 1300. The minimum atomic E-state index is -4.72. The molecule has 0 fully saturated rings. The van der Waals surface area contributed by atoms with Crippen molar-refractivity contribution >= 4 is 40.4 Å². The van der Waals surface area contributed by atoms with Gasteiger partial charge in [-0.15, -0.1) is 0 Å². The van der Waals surface area contributed by atoms with Gasteiger partial charge in [-0.2, -0.15) is 18.3 Å². The number of fused-ring (bicyclic) bond motifs is 1. The molecule has 0 aliphatic rings. The van der Waals surface area contributed by atoms with Crippen LogP contribution in [-0.2, 0) is 6.18 Å². The summed E-state index contributed by atoms with van der Waals surface area (Å²) in [5.41, 5.74) is 0.340. The third kappa shape index (κ3) is 4.35. The van der Waals surface area contributed by atoms with Crippen LogP contribution in [0.2, 0.25) is 10.0 Å². The maximum absolute atomic E-state index is 13.7. The molecule has 2 heterocycles. The molecular formula is C21H13Cl2F3N4O. The molecule has 0 aliphatic heterocycles. The first-order valence-corrected chi connectivity index (χ1v) is 9.69. The van der Waals surface area contributed by atoms with Gasteiger partial charge in [0, 0.05) is 27.4 Å². The monoisotopic (exact) mass is 464 g/mol. The lowest BCUT2D eigenvalue weighted by molar-refractivity contribution is -0.142. The van der Waals surface area contributed by atoms with Crippen LogP contribution in [0.1, 0.15) is 21.7 Å². The van der Waals surface area contributed by atoms with Crippen molar-refractivity contribution in [2.45, 2.75) is 13.1 Å². The van der Waals surface area contributed by atoms with Crippen LogP contribution < -0.4 is 5.32 Å². The first-order chi connectivity index (χ1) is 14.6. The van der Waals surface area contributed by atoms with Crippen molar-refractivity contribution in [1.29, 1.82) is 0 Å². The van der Waals surface area contributed by atoms with Crippen LogP contribution in [0.4, 0.5) is 18.9 Å². The second kappa shape index (κ2) is 7.86. The van der Waals surface area contributed by atoms with Gasteiger partial charge in [-0.05, 0) is 42.8 Å². The van der Waals surface area contributed by atoms with E-state index in [1.54, 1.807) is 49.4 Å². The number of aryl methyl sites for hydroxylation is 1. The predicted octanol–water partition coefficient (Wildman–Crippen LogP) is 6.28. The quantitative estimate of drug-likeness (QED) is 0.387. The van der Waals surface area contributed by atoms with E-state index < -0.39 is 17.8 Å². The summed E-state index contributed by atoms with van der Waals surface area (Å²) in [5, 5.41) is 7.30. The van der Waals surface area contributed by atoms with Crippen LogP contribution in [0.3, 0.4) is 0 Å². The van der Waals surface area contributed by atoms with E-state index >= 15 is 0 Å². The average molecular weight is 465 g/mol. The van der Waals surface area contributed by atoms with Gasteiger partial charge in [0.2, 0.25) is 0 Å². The highest BCUT2D eigenvalue weighted by molar-refractivity contribution is 6.31. The van der Waals surface area contributed by atoms with E-state index in [9.17, 15) is 18.0 Å². The Morgan fingerprint density at radius 3 is 2.39 bits per heavy atom. The number of anilines is 1.